The van der Waals surface area contributed by atoms with E-state index in [1.165, 1.54) is 12.3 Å². The zero-order chi connectivity index (χ0) is 19.7. The lowest BCUT2D eigenvalue weighted by molar-refractivity contribution is -0.195. The van der Waals surface area contributed by atoms with Crippen molar-refractivity contribution in [2.24, 2.45) is 5.92 Å². The smallest absolute Gasteiger partial charge is 0.418 e. The van der Waals surface area contributed by atoms with E-state index in [1.807, 2.05) is 0 Å². The summed E-state index contributed by atoms with van der Waals surface area (Å²) < 4.78 is 16.4. The summed E-state index contributed by atoms with van der Waals surface area (Å²) >= 11 is 0. The van der Waals surface area contributed by atoms with Crippen LogP contribution in [0.4, 0.5) is 5.82 Å². The van der Waals surface area contributed by atoms with Crippen molar-refractivity contribution in [3.8, 4) is 0 Å². The molecule has 1 aromatic heterocycles. The number of esters is 2. The number of nitrogens with one attached hydrogen (secondary N) is 1. The van der Waals surface area contributed by atoms with Gasteiger partial charge < -0.3 is 24.2 Å². The second-order valence-corrected chi connectivity index (χ2v) is 6.17. The summed E-state index contributed by atoms with van der Waals surface area (Å²) in [4.78, 5) is 55.0. The molecule has 2 fully saturated rings. The fourth-order valence-corrected chi connectivity index (χ4v) is 2.57. The molecule has 1 aromatic rings. The van der Waals surface area contributed by atoms with Crippen LogP contribution in [0.2, 0.25) is 0 Å². The van der Waals surface area contributed by atoms with Crippen LogP contribution < -0.4 is 11.2 Å². The van der Waals surface area contributed by atoms with Crippen LogP contribution in [0.15, 0.2) is 17.1 Å². The summed E-state index contributed by atoms with van der Waals surface area (Å²) in [7, 11) is 0. The Bertz CT molecular complexity index is 821. The van der Waals surface area contributed by atoms with E-state index in [0.29, 0.717) is 0 Å². The quantitative estimate of drug-likeness (QED) is 0.264. The lowest BCUT2D eigenvalue weighted by Crippen LogP contribution is -2.48. The van der Waals surface area contributed by atoms with Crippen LogP contribution in [0.5, 0.6) is 0 Å². The number of ether oxygens (including phenoxy) is 3. The minimum absolute atomic E-state index is 0.0226. The van der Waals surface area contributed by atoms with Gasteiger partial charge in [0.05, 0.1) is 12.5 Å². The van der Waals surface area contributed by atoms with Gasteiger partial charge in [0.1, 0.15) is 6.10 Å². The highest BCUT2D eigenvalue weighted by atomic mass is 16.7. The molecule has 2 aliphatic heterocycles. The lowest BCUT2D eigenvalue weighted by atomic mass is 10.1. The molecule has 2 saturated heterocycles. The van der Waals surface area contributed by atoms with Gasteiger partial charge in [0.2, 0.25) is 0 Å². The number of aliphatic hydroxyl groups excluding tert-OH is 1. The summed E-state index contributed by atoms with van der Waals surface area (Å²) in [6.45, 7) is 2.76. The predicted molar refractivity (Wildman–Crippen MR) is 83.8 cm³/mol. The van der Waals surface area contributed by atoms with Crippen molar-refractivity contribution >= 4 is 23.7 Å². The maximum Gasteiger partial charge on any atom is 0.418 e. The number of aliphatic hydroxyl groups is 1. The largest absolute Gasteiger partial charge is 0.447 e. The van der Waals surface area contributed by atoms with Crippen molar-refractivity contribution in [1.82, 2.24) is 9.55 Å². The van der Waals surface area contributed by atoms with Gasteiger partial charge in [-0.05, 0) is 0 Å². The van der Waals surface area contributed by atoms with Crippen molar-refractivity contribution < 1.29 is 38.5 Å². The van der Waals surface area contributed by atoms with Crippen molar-refractivity contribution in [2.45, 2.75) is 38.4 Å². The van der Waals surface area contributed by atoms with Crippen LogP contribution in [0.1, 0.15) is 20.1 Å². The molecule has 0 amide bonds. The zero-order valence-corrected chi connectivity index (χ0v) is 14.4. The maximum atomic E-state index is 12.3. The third kappa shape index (κ3) is 3.61. The first-order valence-corrected chi connectivity index (χ1v) is 8.05. The van der Waals surface area contributed by atoms with E-state index in [-0.39, 0.29) is 11.7 Å². The van der Waals surface area contributed by atoms with Gasteiger partial charge >= 0.3 is 23.6 Å². The van der Waals surface area contributed by atoms with Crippen LogP contribution in [-0.4, -0.2) is 57.5 Å². The second kappa shape index (κ2) is 7.32. The first-order valence-electron chi connectivity index (χ1n) is 8.05. The molecule has 0 aromatic carbocycles. The van der Waals surface area contributed by atoms with E-state index < -0.39 is 54.7 Å². The minimum atomic E-state index is -1.22. The Morgan fingerprint density at radius 2 is 1.96 bits per heavy atom. The molecule has 4 atom stereocenters. The molecule has 27 heavy (non-hydrogen) atoms. The van der Waals surface area contributed by atoms with Crippen LogP contribution >= 0.6 is 0 Å². The van der Waals surface area contributed by atoms with Gasteiger partial charge in [-0.15, -0.1) is 0 Å². The predicted octanol–water partition coefficient (Wildman–Crippen LogP) is -1.50. The molecule has 0 spiro atoms. The average molecular weight is 383 g/mol. The molecule has 12 nitrogen and oxygen atoms in total. The fourth-order valence-electron chi connectivity index (χ4n) is 2.57. The molecule has 0 unspecified atom stereocenters. The number of aromatic nitrogens is 2. The van der Waals surface area contributed by atoms with Crippen molar-refractivity contribution in [3.05, 3.63) is 22.7 Å². The molecule has 0 bridgehead atoms. The number of fused-ring (bicyclic) bond motifs is 1. The SMILES string of the molecule is CC(C)C(=O)ONc1ccn([C@@H]2O[C@H](CO)[C@H]3OC(=O)C(=O)O[C@H]32)c(=O)n1. The number of hydrogen-bond donors (Lipinski definition) is 2. The molecule has 0 aliphatic carbocycles. The van der Waals surface area contributed by atoms with E-state index in [2.05, 4.69) is 10.5 Å². The first kappa shape index (κ1) is 18.8. The Morgan fingerprint density at radius 1 is 1.30 bits per heavy atom. The standard InChI is InChI=1S/C15H17N3O9/c1-6(2)12(20)27-17-8-3-4-18(15(23)16-8)11-10-9(7(5-19)24-11)25-13(21)14(22)26-10/h3-4,6-7,9-11,19H,5H2,1-2H3,(H,16,17,23)/t7-,9-,10-,11-/m1/s1. The topological polar surface area (TPSA) is 155 Å². The zero-order valence-electron chi connectivity index (χ0n) is 14.4. The molecule has 2 aliphatic rings. The maximum absolute atomic E-state index is 12.3. The Morgan fingerprint density at radius 3 is 2.56 bits per heavy atom. The van der Waals surface area contributed by atoms with E-state index in [1.54, 1.807) is 13.8 Å². The van der Waals surface area contributed by atoms with Gasteiger partial charge in [0.15, 0.2) is 24.3 Å². The highest BCUT2D eigenvalue weighted by Crippen LogP contribution is 2.35. The summed E-state index contributed by atoms with van der Waals surface area (Å²) in [5.41, 5.74) is 1.45. The second-order valence-electron chi connectivity index (χ2n) is 6.17. The molecule has 12 heteroatoms. The summed E-state index contributed by atoms with van der Waals surface area (Å²) in [5.74, 6) is -3.35. The Balaban J connectivity index is 1.79. The minimum Gasteiger partial charge on any atom is -0.447 e. The molecule has 3 rings (SSSR count). The Labute approximate surface area is 151 Å². The third-order valence-electron chi connectivity index (χ3n) is 3.95. The number of nitrogens with zero attached hydrogens (tertiary/aromatic N) is 2. The average Bonchev–Trinajstić information content (AvgIpc) is 2.97. The first-order chi connectivity index (χ1) is 12.8. The monoisotopic (exact) mass is 383 g/mol. The molecule has 0 radical (unpaired) electrons. The molecule has 2 N–H and O–H groups in total. The van der Waals surface area contributed by atoms with E-state index in [4.69, 9.17) is 19.0 Å². The van der Waals surface area contributed by atoms with Gasteiger partial charge in [0, 0.05) is 12.3 Å². The number of anilines is 1. The highest BCUT2D eigenvalue weighted by Gasteiger charge is 2.54. The third-order valence-corrected chi connectivity index (χ3v) is 3.95. The number of carbonyl (C=O) groups excluding carboxylic acids is 3. The Kier molecular flexibility index (Phi) is 5.10. The van der Waals surface area contributed by atoms with Crippen molar-refractivity contribution in [3.63, 3.8) is 0 Å². The Hall–Kier alpha value is -2.99. The lowest BCUT2D eigenvalue weighted by Gasteiger charge is -2.27. The van der Waals surface area contributed by atoms with Gasteiger partial charge in [0.25, 0.3) is 0 Å². The molecule has 146 valence electrons. The fraction of sp³-hybridized carbons (Fsp3) is 0.533. The van der Waals surface area contributed by atoms with Crippen LogP contribution in [0.25, 0.3) is 0 Å². The summed E-state index contributed by atoms with van der Waals surface area (Å²) in [6.07, 6.45) is -3.04. The summed E-state index contributed by atoms with van der Waals surface area (Å²) in [6, 6.07) is 1.33. The van der Waals surface area contributed by atoms with Gasteiger partial charge in [-0.25, -0.2) is 24.7 Å². The van der Waals surface area contributed by atoms with Gasteiger partial charge in [-0.1, -0.05) is 13.8 Å². The van der Waals surface area contributed by atoms with Gasteiger partial charge in [-0.3, -0.25) is 4.57 Å². The van der Waals surface area contributed by atoms with Crippen LogP contribution in [0, 0.1) is 5.92 Å². The van der Waals surface area contributed by atoms with Crippen LogP contribution in [-0.2, 0) is 33.4 Å². The van der Waals surface area contributed by atoms with Crippen molar-refractivity contribution in [2.75, 3.05) is 12.1 Å². The molecular formula is C15H17N3O9. The normalized spacial score (nSPS) is 27.0. The van der Waals surface area contributed by atoms with E-state index >= 15 is 0 Å². The molecule has 3 heterocycles. The number of carbonyl (C=O) groups is 3. The highest BCUT2D eigenvalue weighted by molar-refractivity contribution is 6.30. The van der Waals surface area contributed by atoms with E-state index in [9.17, 15) is 24.3 Å². The van der Waals surface area contributed by atoms with Gasteiger partial charge in [-0.2, -0.15) is 4.98 Å². The molecule has 0 saturated carbocycles. The van der Waals surface area contributed by atoms with E-state index in [0.717, 1.165) is 4.57 Å². The number of hydrogen-bond acceptors (Lipinski definition) is 11. The molecular weight excluding hydrogens is 366 g/mol. The summed E-state index contributed by atoms with van der Waals surface area (Å²) in [5, 5.41) is 9.38. The van der Waals surface area contributed by atoms with Crippen molar-refractivity contribution in [1.29, 1.82) is 0 Å². The van der Waals surface area contributed by atoms with Crippen LogP contribution in [0.3, 0.4) is 0 Å². The number of rotatable bonds is 5.